The highest BCUT2D eigenvalue weighted by Gasteiger charge is 1.19. The molecule has 2 nitrogen and oxygen atoms in total. The molecule has 0 saturated heterocycles. The van der Waals surface area contributed by atoms with Gasteiger partial charge in [-0.05, 0) is 0 Å². The maximum absolute atomic E-state index is 8.58. The molecule has 0 aromatic heterocycles. The van der Waals surface area contributed by atoms with E-state index < -0.39 is 0 Å². The summed E-state index contributed by atoms with van der Waals surface area (Å²) in [6.45, 7) is 0. The molecule has 0 fully saturated rings. The molecular weight excluding hydrogens is 66.3 g/mol. The van der Waals surface area contributed by atoms with Crippen molar-refractivity contribution in [2.75, 3.05) is 0 Å². The zero-order valence-electron chi connectivity index (χ0n) is 2.27. The van der Waals surface area contributed by atoms with Gasteiger partial charge in [-0.15, -0.1) is 0 Å². The number of nitrogens with two attached hydrogens (primary N) is 1. The van der Waals surface area contributed by atoms with Gasteiger partial charge in [0.2, 0.25) is 6.41 Å². The van der Waals surface area contributed by atoms with E-state index in [1.54, 1.807) is 0 Å². The van der Waals surface area contributed by atoms with Crippen molar-refractivity contribution in [2.45, 2.75) is 0 Å². The van der Waals surface area contributed by atoms with Gasteiger partial charge in [0.15, 0.2) is 0 Å². The van der Waals surface area contributed by atoms with Gasteiger partial charge in [0.1, 0.15) is 0 Å². The molecule has 0 heterocycles. The van der Waals surface area contributed by atoms with Crippen LogP contribution in [0.1, 0.15) is 0 Å². The number of hydrogen-bond donors (Lipinski definition) is 1. The quantitative estimate of drug-likeness (QED) is 0.279. The molecule has 3 heteroatoms. The van der Waals surface area contributed by atoms with Gasteiger partial charge >= 0.3 is 0 Å². The summed E-state index contributed by atoms with van der Waals surface area (Å²) in [7, 11) is 0. The number of carbonyl (C=O) groups is 1. The first kappa shape index (κ1) is 8.87. The fraction of sp³-hybridized carbons (Fsp3) is 0. The molecule has 4 heavy (non-hydrogen) atoms. The molecule has 1 amide bonds. The van der Waals surface area contributed by atoms with Crippen molar-refractivity contribution in [1.29, 1.82) is 0 Å². The summed E-state index contributed by atoms with van der Waals surface area (Å²) >= 11 is 0. The fourth-order valence-electron chi connectivity index (χ4n) is 0. The SMILES string of the molecule is NC=O.[Mg]. The van der Waals surface area contributed by atoms with Gasteiger partial charge in [-0.25, -0.2) is 0 Å². The van der Waals surface area contributed by atoms with Crippen molar-refractivity contribution in [3.8, 4) is 0 Å². The molecule has 0 atom stereocenters. The average molecular weight is 69.3 g/mol. The summed E-state index contributed by atoms with van der Waals surface area (Å²) in [6, 6.07) is 0. The van der Waals surface area contributed by atoms with Crippen LogP contribution in [0.3, 0.4) is 0 Å². The molecule has 0 aliphatic heterocycles. The summed E-state index contributed by atoms with van der Waals surface area (Å²) in [6.07, 6.45) is 0.250. The normalized spacial score (nSPS) is 3.00. The molecule has 0 spiro atoms. The second kappa shape index (κ2) is 10.6. The van der Waals surface area contributed by atoms with E-state index in [1.807, 2.05) is 0 Å². The summed E-state index contributed by atoms with van der Waals surface area (Å²) in [5, 5.41) is 0. The van der Waals surface area contributed by atoms with Crippen LogP contribution >= 0.6 is 0 Å². The van der Waals surface area contributed by atoms with Crippen LogP contribution in [0.4, 0.5) is 0 Å². The molecule has 2 N–H and O–H groups in total. The predicted molar refractivity (Wildman–Crippen MR) is 16.0 cm³/mol. The van der Waals surface area contributed by atoms with Gasteiger partial charge in [0, 0.05) is 23.1 Å². The lowest BCUT2D eigenvalue weighted by molar-refractivity contribution is -0.106. The fourth-order valence-corrected chi connectivity index (χ4v) is 0. The Kier molecular flexibility index (Phi) is 23.5. The minimum Gasteiger partial charge on any atom is -0.372 e. The van der Waals surface area contributed by atoms with Crippen LogP contribution in [0.15, 0.2) is 0 Å². The zero-order valence-corrected chi connectivity index (χ0v) is 3.68. The lowest BCUT2D eigenvalue weighted by atomic mass is 11.5. The first-order chi connectivity index (χ1) is 1.41. The van der Waals surface area contributed by atoms with Crippen molar-refractivity contribution >= 4 is 29.5 Å². The largest absolute Gasteiger partial charge is 0.372 e. The highest BCUT2D eigenvalue weighted by molar-refractivity contribution is 5.75. The number of primary amides is 1. The maximum Gasteiger partial charge on any atom is 0.204 e. The van der Waals surface area contributed by atoms with Gasteiger partial charge < -0.3 is 5.73 Å². The monoisotopic (exact) mass is 69.0 g/mol. The number of carbonyl (C=O) groups excluding carboxylic acids is 1. The number of hydrogen-bond acceptors (Lipinski definition) is 1. The maximum atomic E-state index is 8.58. The van der Waals surface area contributed by atoms with Crippen LogP contribution in [0.25, 0.3) is 0 Å². The van der Waals surface area contributed by atoms with Crippen molar-refractivity contribution in [3.05, 3.63) is 0 Å². The Morgan fingerprint density at radius 2 is 1.75 bits per heavy atom. The molecule has 0 rings (SSSR count). The van der Waals surface area contributed by atoms with Gasteiger partial charge in [0.05, 0.1) is 0 Å². The smallest absolute Gasteiger partial charge is 0.204 e. The molecule has 0 saturated carbocycles. The zero-order chi connectivity index (χ0) is 2.71. The van der Waals surface area contributed by atoms with Crippen molar-refractivity contribution in [1.82, 2.24) is 0 Å². The highest BCUT2D eigenvalue weighted by Crippen LogP contribution is 0.798. The molecule has 0 aliphatic carbocycles. The van der Waals surface area contributed by atoms with Crippen LogP contribution in [-0.2, 0) is 4.79 Å². The van der Waals surface area contributed by atoms with Gasteiger partial charge in [-0.1, -0.05) is 0 Å². The van der Waals surface area contributed by atoms with Crippen LogP contribution in [-0.4, -0.2) is 29.5 Å². The highest BCUT2D eigenvalue weighted by atomic mass is 24.3. The van der Waals surface area contributed by atoms with Crippen molar-refractivity contribution in [3.63, 3.8) is 0 Å². The van der Waals surface area contributed by atoms with Crippen LogP contribution in [0, 0.1) is 0 Å². The standard InChI is InChI=1S/CH3NO.Mg/c2-1-3;/h1H,(H2,2,3);. The number of rotatable bonds is 0. The molecule has 0 aromatic rings. The molecular formula is CH3MgNO. The third kappa shape index (κ3) is 61.2. The van der Waals surface area contributed by atoms with E-state index in [0.29, 0.717) is 0 Å². The summed E-state index contributed by atoms with van der Waals surface area (Å²) in [5.41, 5.74) is 4.17. The minimum absolute atomic E-state index is 0. The predicted octanol–water partition coefficient (Wildman–Crippen LogP) is -1.28. The summed E-state index contributed by atoms with van der Waals surface area (Å²) in [4.78, 5) is 8.58. The molecule has 20 valence electrons. The molecule has 0 aromatic carbocycles. The Bertz CT molecular complexity index is 15.5. The summed E-state index contributed by atoms with van der Waals surface area (Å²) < 4.78 is 0. The van der Waals surface area contributed by atoms with Crippen molar-refractivity contribution < 1.29 is 4.79 Å². The van der Waals surface area contributed by atoms with E-state index in [0.717, 1.165) is 0 Å². The molecule has 0 aliphatic rings. The third-order valence-corrected chi connectivity index (χ3v) is 0. The topological polar surface area (TPSA) is 43.1 Å². The Morgan fingerprint density at radius 1 is 1.75 bits per heavy atom. The first-order valence-electron chi connectivity index (χ1n) is 0.569. The van der Waals surface area contributed by atoms with Crippen LogP contribution in [0.5, 0.6) is 0 Å². The van der Waals surface area contributed by atoms with E-state index >= 15 is 0 Å². The first-order valence-corrected chi connectivity index (χ1v) is 0.569. The third-order valence-electron chi connectivity index (χ3n) is 0. The van der Waals surface area contributed by atoms with E-state index in [1.165, 1.54) is 0 Å². The van der Waals surface area contributed by atoms with Crippen molar-refractivity contribution in [2.24, 2.45) is 5.73 Å². The minimum atomic E-state index is 0. The Hall–Kier alpha value is 0.236. The van der Waals surface area contributed by atoms with E-state index in [9.17, 15) is 0 Å². The Morgan fingerprint density at radius 3 is 1.75 bits per heavy atom. The molecule has 2 radical (unpaired) electrons. The van der Waals surface area contributed by atoms with E-state index in [4.69, 9.17) is 4.79 Å². The van der Waals surface area contributed by atoms with Gasteiger partial charge in [-0.3, -0.25) is 4.79 Å². The summed E-state index contributed by atoms with van der Waals surface area (Å²) in [5.74, 6) is 0. The molecule has 0 unspecified atom stereocenters. The van der Waals surface area contributed by atoms with Crippen LogP contribution in [0.2, 0.25) is 0 Å². The second-order valence-electron chi connectivity index (χ2n) is 0.136. The Labute approximate surface area is 40.5 Å². The number of amides is 1. The average Bonchev–Trinajstić information content (AvgIpc) is 0.918. The lowest BCUT2D eigenvalue weighted by Crippen LogP contribution is -1.82. The van der Waals surface area contributed by atoms with Gasteiger partial charge in [-0.2, -0.15) is 0 Å². The van der Waals surface area contributed by atoms with Crippen LogP contribution < -0.4 is 5.73 Å². The Balaban J connectivity index is 0. The van der Waals surface area contributed by atoms with E-state index in [2.05, 4.69) is 5.73 Å². The van der Waals surface area contributed by atoms with Gasteiger partial charge in [0.25, 0.3) is 0 Å². The van der Waals surface area contributed by atoms with E-state index in [-0.39, 0.29) is 29.5 Å². The lowest BCUT2D eigenvalue weighted by Gasteiger charge is -1.32. The molecule has 0 bridgehead atoms. The second-order valence-corrected chi connectivity index (χ2v) is 0.136.